The molecule has 0 spiro atoms. The van der Waals surface area contributed by atoms with Crippen LogP contribution in [0.1, 0.15) is 5.69 Å². The summed E-state index contributed by atoms with van der Waals surface area (Å²) in [5.41, 5.74) is 1.34. The van der Waals surface area contributed by atoms with Crippen molar-refractivity contribution in [1.29, 1.82) is 0 Å². The van der Waals surface area contributed by atoms with E-state index in [1.807, 2.05) is 24.3 Å². The molecule has 0 N–H and O–H groups in total. The lowest BCUT2D eigenvalue weighted by Crippen LogP contribution is -2.38. The second kappa shape index (κ2) is 4.55. The van der Waals surface area contributed by atoms with Gasteiger partial charge in [-0.25, -0.2) is 0 Å². The van der Waals surface area contributed by atoms with Crippen LogP contribution in [0.5, 0.6) is 5.75 Å². The summed E-state index contributed by atoms with van der Waals surface area (Å²) in [6.45, 7) is 0.348. The van der Waals surface area contributed by atoms with Crippen molar-refractivity contribution >= 4 is 34.7 Å². The van der Waals surface area contributed by atoms with Crippen molar-refractivity contribution in [3.8, 4) is 5.75 Å². The van der Waals surface area contributed by atoms with E-state index < -0.39 is 0 Å². The second-order valence-corrected chi connectivity index (χ2v) is 5.09. The molecule has 0 aliphatic carbocycles. The topological polar surface area (TPSA) is 55.3 Å². The van der Waals surface area contributed by atoms with Crippen LogP contribution in [0.2, 0.25) is 4.34 Å². The van der Waals surface area contributed by atoms with E-state index in [0.29, 0.717) is 22.3 Å². The summed E-state index contributed by atoms with van der Waals surface area (Å²) in [5.74, 6) is 0.578. The summed E-state index contributed by atoms with van der Waals surface area (Å²) >= 11 is 7.07. The molecule has 92 valence electrons. The summed E-state index contributed by atoms with van der Waals surface area (Å²) in [4.78, 5) is 13.5. The number of aromatic nitrogens is 2. The summed E-state index contributed by atoms with van der Waals surface area (Å²) in [6.07, 6.45) is 0. The van der Waals surface area contributed by atoms with E-state index >= 15 is 0 Å². The van der Waals surface area contributed by atoms with Crippen molar-refractivity contribution in [2.45, 2.75) is 6.54 Å². The maximum atomic E-state index is 11.9. The Hall–Kier alpha value is -1.66. The number of anilines is 1. The summed E-state index contributed by atoms with van der Waals surface area (Å²) in [7, 11) is 0. The second-order valence-electron chi connectivity index (χ2n) is 3.73. The minimum Gasteiger partial charge on any atom is -0.482 e. The number of amides is 1. The summed E-state index contributed by atoms with van der Waals surface area (Å²) in [5, 5.41) is 3.92. The maximum Gasteiger partial charge on any atom is 0.265 e. The van der Waals surface area contributed by atoms with Crippen LogP contribution in [0.25, 0.3) is 0 Å². The third-order valence-corrected chi connectivity index (χ3v) is 3.61. The smallest absolute Gasteiger partial charge is 0.265 e. The molecule has 1 amide bonds. The monoisotopic (exact) mass is 281 g/mol. The number of carbonyl (C=O) groups excluding carboxylic acids is 1. The van der Waals surface area contributed by atoms with E-state index in [2.05, 4.69) is 9.59 Å². The molecule has 1 aromatic heterocycles. The molecule has 3 rings (SSSR count). The highest BCUT2D eigenvalue weighted by atomic mass is 35.5. The number of fused-ring (bicyclic) bond motifs is 1. The standard InChI is InChI=1S/C11H8ClN3O2S/c12-11-7(13-14-18-11)5-15-8-3-1-2-4-9(8)17-6-10(15)16/h1-4H,5-6H2. The third-order valence-electron chi connectivity index (χ3n) is 2.63. The number of hydrogen-bond acceptors (Lipinski definition) is 5. The molecule has 0 bridgehead atoms. The molecule has 0 saturated carbocycles. The molecule has 1 aromatic carbocycles. The number of benzene rings is 1. The number of ether oxygens (including phenoxy) is 1. The average molecular weight is 282 g/mol. The van der Waals surface area contributed by atoms with E-state index in [0.717, 1.165) is 17.2 Å². The Morgan fingerprint density at radius 3 is 3.06 bits per heavy atom. The highest BCUT2D eigenvalue weighted by Crippen LogP contribution is 2.33. The molecule has 2 aromatic rings. The van der Waals surface area contributed by atoms with Gasteiger partial charge in [-0.05, 0) is 12.1 Å². The minimum absolute atomic E-state index is 0.0339. The van der Waals surface area contributed by atoms with Crippen molar-refractivity contribution < 1.29 is 9.53 Å². The van der Waals surface area contributed by atoms with Crippen LogP contribution in [0, 0.1) is 0 Å². The van der Waals surface area contributed by atoms with E-state index in [4.69, 9.17) is 16.3 Å². The Labute approximate surface area is 112 Å². The first-order chi connectivity index (χ1) is 8.75. The first-order valence-corrected chi connectivity index (χ1v) is 6.40. The molecule has 0 radical (unpaired) electrons. The third kappa shape index (κ3) is 1.93. The van der Waals surface area contributed by atoms with E-state index in [1.54, 1.807) is 4.90 Å². The van der Waals surface area contributed by atoms with Crippen LogP contribution in [-0.2, 0) is 11.3 Å². The minimum atomic E-state index is -0.113. The Bertz CT molecular complexity index is 601. The first-order valence-electron chi connectivity index (χ1n) is 5.24. The van der Waals surface area contributed by atoms with Gasteiger partial charge in [-0.2, -0.15) is 0 Å². The SMILES string of the molecule is O=C1COc2ccccc2N1Cc1nnsc1Cl. The lowest BCUT2D eigenvalue weighted by molar-refractivity contribution is -0.121. The van der Waals surface area contributed by atoms with Crippen LogP contribution in [0.3, 0.4) is 0 Å². The van der Waals surface area contributed by atoms with Gasteiger partial charge in [0.15, 0.2) is 6.61 Å². The fourth-order valence-corrected chi connectivity index (χ4v) is 2.38. The molecule has 0 unspecified atom stereocenters. The van der Waals surface area contributed by atoms with Gasteiger partial charge in [-0.1, -0.05) is 28.2 Å². The molecule has 0 saturated heterocycles. The van der Waals surface area contributed by atoms with Gasteiger partial charge in [0, 0.05) is 11.5 Å². The predicted molar refractivity (Wildman–Crippen MR) is 68.0 cm³/mol. The van der Waals surface area contributed by atoms with Crippen molar-refractivity contribution in [2.75, 3.05) is 11.5 Å². The molecule has 0 atom stereocenters. The average Bonchev–Trinajstić information content (AvgIpc) is 2.79. The van der Waals surface area contributed by atoms with E-state index in [9.17, 15) is 4.79 Å². The molecule has 1 aliphatic rings. The summed E-state index contributed by atoms with van der Waals surface area (Å²) in [6, 6.07) is 7.38. The van der Waals surface area contributed by atoms with Gasteiger partial charge >= 0.3 is 0 Å². The first kappa shape index (κ1) is 11.4. The van der Waals surface area contributed by atoms with Gasteiger partial charge in [-0.15, -0.1) is 5.10 Å². The molecule has 5 nitrogen and oxygen atoms in total. The van der Waals surface area contributed by atoms with Crippen molar-refractivity contribution in [3.63, 3.8) is 0 Å². The molecular weight excluding hydrogens is 274 g/mol. The van der Waals surface area contributed by atoms with Gasteiger partial charge in [0.2, 0.25) is 0 Å². The van der Waals surface area contributed by atoms with Crippen LogP contribution in [0.15, 0.2) is 24.3 Å². The zero-order chi connectivity index (χ0) is 12.5. The Morgan fingerprint density at radius 2 is 2.28 bits per heavy atom. The zero-order valence-electron chi connectivity index (χ0n) is 9.17. The van der Waals surface area contributed by atoms with Crippen molar-refractivity contribution in [3.05, 3.63) is 34.3 Å². The largest absolute Gasteiger partial charge is 0.482 e. The van der Waals surface area contributed by atoms with Gasteiger partial charge in [0.05, 0.1) is 12.2 Å². The van der Waals surface area contributed by atoms with Crippen LogP contribution >= 0.6 is 23.1 Å². The Kier molecular flexibility index (Phi) is 2.89. The number of carbonyl (C=O) groups is 1. The lowest BCUT2D eigenvalue weighted by atomic mass is 10.2. The highest BCUT2D eigenvalue weighted by Gasteiger charge is 2.26. The number of halogens is 1. The van der Waals surface area contributed by atoms with Crippen molar-refractivity contribution in [1.82, 2.24) is 9.59 Å². The molecule has 2 heterocycles. The molecule has 7 heteroatoms. The Balaban J connectivity index is 1.96. The number of nitrogens with zero attached hydrogens (tertiary/aromatic N) is 3. The van der Waals surface area contributed by atoms with Crippen LogP contribution < -0.4 is 9.64 Å². The van der Waals surface area contributed by atoms with Gasteiger partial charge < -0.3 is 4.74 Å². The fourth-order valence-electron chi connectivity index (χ4n) is 1.77. The van der Waals surface area contributed by atoms with Crippen LogP contribution in [-0.4, -0.2) is 22.1 Å². The van der Waals surface area contributed by atoms with Gasteiger partial charge in [-0.3, -0.25) is 9.69 Å². The van der Waals surface area contributed by atoms with Gasteiger partial charge in [0.1, 0.15) is 15.8 Å². The molecule has 18 heavy (non-hydrogen) atoms. The van der Waals surface area contributed by atoms with E-state index in [-0.39, 0.29) is 12.5 Å². The number of hydrogen-bond donors (Lipinski definition) is 0. The molecule has 1 aliphatic heterocycles. The fraction of sp³-hybridized carbons (Fsp3) is 0.182. The normalized spacial score (nSPS) is 14.3. The number of para-hydroxylation sites is 2. The summed E-state index contributed by atoms with van der Waals surface area (Å²) < 4.78 is 9.62. The zero-order valence-corrected chi connectivity index (χ0v) is 10.7. The van der Waals surface area contributed by atoms with Crippen molar-refractivity contribution in [2.24, 2.45) is 0 Å². The molecule has 0 fully saturated rings. The highest BCUT2D eigenvalue weighted by molar-refractivity contribution is 7.10. The maximum absolute atomic E-state index is 11.9. The van der Waals surface area contributed by atoms with Gasteiger partial charge in [0.25, 0.3) is 5.91 Å². The predicted octanol–water partition coefficient (Wildman–Crippen LogP) is 2.12. The van der Waals surface area contributed by atoms with Crippen LogP contribution in [0.4, 0.5) is 5.69 Å². The lowest BCUT2D eigenvalue weighted by Gasteiger charge is -2.28. The quantitative estimate of drug-likeness (QED) is 0.846. The number of rotatable bonds is 2. The Morgan fingerprint density at radius 1 is 1.44 bits per heavy atom. The van der Waals surface area contributed by atoms with E-state index in [1.165, 1.54) is 0 Å². The molecular formula is C11H8ClN3O2S.